The number of benzene rings is 1. The van der Waals surface area contributed by atoms with E-state index in [4.69, 9.17) is 16.0 Å². The molecule has 2 heterocycles. The average Bonchev–Trinajstić information content (AvgIpc) is 3.07. The minimum absolute atomic E-state index is 0.421. The Bertz CT molecular complexity index is 747. The van der Waals surface area contributed by atoms with Crippen LogP contribution in [0.1, 0.15) is 24.3 Å². The molecule has 3 aromatic rings. The average molecular weight is 304 g/mol. The van der Waals surface area contributed by atoms with E-state index in [9.17, 15) is 0 Å². The third kappa shape index (κ3) is 2.80. The summed E-state index contributed by atoms with van der Waals surface area (Å²) in [7, 11) is 0. The molecule has 108 valence electrons. The number of nitrogens with zero attached hydrogens (tertiary/aromatic N) is 5. The number of aryl methyl sites for hydroxylation is 2. The van der Waals surface area contributed by atoms with Gasteiger partial charge in [-0.3, -0.25) is 0 Å². The maximum absolute atomic E-state index is 5.90. The lowest BCUT2D eigenvalue weighted by Gasteiger charge is -1.99. The smallest absolute Gasteiger partial charge is 0.217 e. The van der Waals surface area contributed by atoms with Crippen LogP contribution in [0.5, 0.6) is 0 Å². The normalized spacial score (nSPS) is 11.0. The highest BCUT2D eigenvalue weighted by Crippen LogP contribution is 2.26. The maximum Gasteiger partial charge on any atom is 0.217 e. The lowest BCUT2D eigenvalue weighted by Crippen LogP contribution is -2.06. The van der Waals surface area contributed by atoms with Gasteiger partial charge in [0.15, 0.2) is 11.6 Å². The lowest BCUT2D eigenvalue weighted by molar-refractivity contribution is 0.463. The van der Waals surface area contributed by atoms with Crippen molar-refractivity contribution in [1.29, 1.82) is 0 Å². The summed E-state index contributed by atoms with van der Waals surface area (Å²) in [6, 6.07) is 7.48. The molecule has 6 nitrogen and oxygen atoms in total. The molecular weight excluding hydrogens is 290 g/mol. The van der Waals surface area contributed by atoms with Crippen molar-refractivity contribution in [3.05, 3.63) is 46.7 Å². The fourth-order valence-corrected chi connectivity index (χ4v) is 2.24. The minimum atomic E-state index is 0.421. The Hall–Kier alpha value is -2.21. The highest BCUT2D eigenvalue weighted by molar-refractivity contribution is 6.30. The molecule has 0 amide bonds. The van der Waals surface area contributed by atoms with Crippen LogP contribution < -0.4 is 0 Å². The molecule has 0 unspecified atom stereocenters. The molecule has 0 aliphatic heterocycles. The molecule has 3 rings (SSSR count). The molecule has 0 aliphatic carbocycles. The first kappa shape index (κ1) is 13.8. The highest BCUT2D eigenvalue weighted by Gasteiger charge is 2.14. The zero-order chi connectivity index (χ0) is 14.8. The van der Waals surface area contributed by atoms with Crippen LogP contribution in [0, 0.1) is 6.92 Å². The van der Waals surface area contributed by atoms with Crippen LogP contribution >= 0.6 is 11.6 Å². The van der Waals surface area contributed by atoms with Crippen LogP contribution in [0.2, 0.25) is 5.02 Å². The SMILES string of the molecule is CCc1nnnn1Cc1nc(C)c(-c2ccc(Cl)cc2)o1. The van der Waals surface area contributed by atoms with Gasteiger partial charge in [0, 0.05) is 17.0 Å². The monoisotopic (exact) mass is 303 g/mol. The molecule has 0 fully saturated rings. The summed E-state index contributed by atoms with van der Waals surface area (Å²) in [5.74, 6) is 2.13. The predicted octanol–water partition coefficient (Wildman–Crippen LogP) is 2.90. The van der Waals surface area contributed by atoms with Crippen molar-refractivity contribution in [2.24, 2.45) is 0 Å². The number of halogens is 1. The van der Waals surface area contributed by atoms with Crippen LogP contribution in [0.15, 0.2) is 28.7 Å². The van der Waals surface area contributed by atoms with Gasteiger partial charge in [0.2, 0.25) is 5.89 Å². The zero-order valence-electron chi connectivity index (χ0n) is 11.7. The fraction of sp³-hybridized carbons (Fsp3) is 0.286. The summed E-state index contributed by atoms with van der Waals surface area (Å²) in [5.41, 5.74) is 1.78. The van der Waals surface area contributed by atoms with Gasteiger partial charge in [0.05, 0.1) is 5.69 Å². The van der Waals surface area contributed by atoms with Crippen molar-refractivity contribution < 1.29 is 4.42 Å². The summed E-state index contributed by atoms with van der Waals surface area (Å²) in [6.45, 7) is 4.34. The molecule has 0 N–H and O–H groups in total. The minimum Gasteiger partial charge on any atom is -0.438 e. The second kappa shape index (κ2) is 5.65. The summed E-state index contributed by atoms with van der Waals surface area (Å²) in [6.07, 6.45) is 0.761. The number of hydrogen-bond donors (Lipinski definition) is 0. The first-order valence-electron chi connectivity index (χ1n) is 6.64. The van der Waals surface area contributed by atoms with Gasteiger partial charge in [-0.15, -0.1) is 5.10 Å². The maximum atomic E-state index is 5.90. The number of aromatic nitrogens is 5. The van der Waals surface area contributed by atoms with Crippen molar-refractivity contribution in [1.82, 2.24) is 25.2 Å². The van der Waals surface area contributed by atoms with E-state index in [0.717, 1.165) is 29.3 Å². The van der Waals surface area contributed by atoms with Crippen molar-refractivity contribution in [3.8, 4) is 11.3 Å². The standard InChI is InChI=1S/C14H14ClN5O/c1-3-12-17-18-19-20(12)8-13-16-9(2)14(21-13)10-4-6-11(15)7-5-10/h4-7H,3,8H2,1-2H3. The number of hydrogen-bond acceptors (Lipinski definition) is 5. The fourth-order valence-electron chi connectivity index (χ4n) is 2.12. The lowest BCUT2D eigenvalue weighted by atomic mass is 10.1. The van der Waals surface area contributed by atoms with Crippen LogP contribution in [-0.4, -0.2) is 25.2 Å². The summed E-state index contributed by atoms with van der Waals surface area (Å²) in [5, 5.41) is 12.2. The van der Waals surface area contributed by atoms with Crippen molar-refractivity contribution in [2.75, 3.05) is 0 Å². The van der Waals surface area contributed by atoms with Crippen molar-refractivity contribution >= 4 is 11.6 Å². The van der Waals surface area contributed by atoms with Gasteiger partial charge in [-0.25, -0.2) is 9.67 Å². The summed E-state index contributed by atoms with van der Waals surface area (Å²) >= 11 is 5.90. The first-order chi connectivity index (χ1) is 10.2. The Morgan fingerprint density at radius 1 is 1.24 bits per heavy atom. The molecule has 0 spiro atoms. The van der Waals surface area contributed by atoms with Gasteiger partial charge in [0.1, 0.15) is 6.54 Å². The Labute approximate surface area is 126 Å². The van der Waals surface area contributed by atoms with Gasteiger partial charge in [-0.1, -0.05) is 18.5 Å². The van der Waals surface area contributed by atoms with Gasteiger partial charge < -0.3 is 4.42 Å². The van der Waals surface area contributed by atoms with Crippen LogP contribution in [0.4, 0.5) is 0 Å². The van der Waals surface area contributed by atoms with Crippen LogP contribution in [0.3, 0.4) is 0 Å². The Balaban J connectivity index is 1.89. The number of oxazole rings is 1. The predicted molar refractivity (Wildman–Crippen MR) is 78.0 cm³/mol. The third-order valence-electron chi connectivity index (χ3n) is 3.15. The quantitative estimate of drug-likeness (QED) is 0.741. The Morgan fingerprint density at radius 3 is 2.71 bits per heavy atom. The third-order valence-corrected chi connectivity index (χ3v) is 3.41. The molecule has 1 aromatic carbocycles. The van der Waals surface area contributed by atoms with E-state index in [1.165, 1.54) is 0 Å². The molecule has 0 bridgehead atoms. The van der Waals surface area contributed by atoms with E-state index >= 15 is 0 Å². The molecule has 0 atom stereocenters. The van der Waals surface area contributed by atoms with E-state index < -0.39 is 0 Å². The highest BCUT2D eigenvalue weighted by atomic mass is 35.5. The molecule has 7 heteroatoms. The summed E-state index contributed by atoms with van der Waals surface area (Å²) in [4.78, 5) is 4.44. The largest absolute Gasteiger partial charge is 0.438 e. The topological polar surface area (TPSA) is 69.6 Å². The molecule has 0 saturated heterocycles. The zero-order valence-corrected chi connectivity index (χ0v) is 12.5. The van der Waals surface area contributed by atoms with Gasteiger partial charge >= 0.3 is 0 Å². The van der Waals surface area contributed by atoms with E-state index in [1.54, 1.807) is 4.68 Å². The summed E-state index contributed by atoms with van der Waals surface area (Å²) < 4.78 is 7.53. The number of rotatable bonds is 4. The molecule has 0 saturated carbocycles. The van der Waals surface area contributed by atoms with Gasteiger partial charge in [-0.05, 0) is 41.6 Å². The molecule has 2 aromatic heterocycles. The van der Waals surface area contributed by atoms with E-state index in [-0.39, 0.29) is 0 Å². The first-order valence-corrected chi connectivity index (χ1v) is 7.02. The van der Waals surface area contributed by atoms with E-state index in [1.807, 2.05) is 38.1 Å². The van der Waals surface area contributed by atoms with Gasteiger partial charge in [0.25, 0.3) is 0 Å². The molecule has 0 aliphatic rings. The second-order valence-corrected chi connectivity index (χ2v) is 5.07. The van der Waals surface area contributed by atoms with Crippen molar-refractivity contribution in [2.45, 2.75) is 26.8 Å². The Kier molecular flexibility index (Phi) is 3.70. The molecular formula is C14H14ClN5O. The van der Waals surface area contributed by atoms with E-state index in [2.05, 4.69) is 20.5 Å². The van der Waals surface area contributed by atoms with Crippen molar-refractivity contribution in [3.63, 3.8) is 0 Å². The van der Waals surface area contributed by atoms with Gasteiger partial charge in [-0.2, -0.15) is 0 Å². The molecule has 21 heavy (non-hydrogen) atoms. The molecule has 0 radical (unpaired) electrons. The second-order valence-electron chi connectivity index (χ2n) is 4.64. The van der Waals surface area contributed by atoms with Crippen LogP contribution in [-0.2, 0) is 13.0 Å². The van der Waals surface area contributed by atoms with E-state index in [0.29, 0.717) is 17.5 Å². The van der Waals surface area contributed by atoms with Crippen LogP contribution in [0.25, 0.3) is 11.3 Å². The number of tetrazole rings is 1. The Morgan fingerprint density at radius 2 is 2.00 bits per heavy atom.